The molecule has 0 aliphatic rings. The topological polar surface area (TPSA) is 64.3 Å². The van der Waals surface area contributed by atoms with Crippen molar-refractivity contribution >= 4 is 17.3 Å². The highest BCUT2D eigenvalue weighted by Gasteiger charge is 2.34. The Kier molecular flexibility index (Phi) is 4.18. The Morgan fingerprint density at radius 3 is 2.56 bits per heavy atom. The van der Waals surface area contributed by atoms with Crippen molar-refractivity contribution in [3.8, 4) is 0 Å². The SMILES string of the molecule is COC(C)C(=O)Nc1ccc(N)cc1C(F)(F)F. The zero-order valence-electron chi connectivity index (χ0n) is 9.84. The quantitative estimate of drug-likeness (QED) is 0.821. The maximum absolute atomic E-state index is 12.7. The van der Waals surface area contributed by atoms with Gasteiger partial charge in [0.15, 0.2) is 0 Å². The highest BCUT2D eigenvalue weighted by Crippen LogP contribution is 2.36. The molecule has 1 aromatic carbocycles. The van der Waals surface area contributed by atoms with Gasteiger partial charge in [0.25, 0.3) is 5.91 Å². The van der Waals surface area contributed by atoms with Gasteiger partial charge < -0.3 is 15.8 Å². The van der Waals surface area contributed by atoms with E-state index in [1.807, 2.05) is 0 Å². The molecule has 1 amide bonds. The van der Waals surface area contributed by atoms with Crippen LogP contribution in [0.15, 0.2) is 18.2 Å². The summed E-state index contributed by atoms with van der Waals surface area (Å²) in [6.07, 6.45) is -5.43. The smallest absolute Gasteiger partial charge is 0.399 e. The van der Waals surface area contributed by atoms with E-state index in [0.717, 1.165) is 12.1 Å². The molecule has 18 heavy (non-hydrogen) atoms. The van der Waals surface area contributed by atoms with Gasteiger partial charge in [-0.2, -0.15) is 13.2 Å². The van der Waals surface area contributed by atoms with E-state index in [9.17, 15) is 18.0 Å². The maximum Gasteiger partial charge on any atom is 0.418 e. The summed E-state index contributed by atoms with van der Waals surface area (Å²) in [6.45, 7) is 1.43. The molecule has 1 unspecified atom stereocenters. The van der Waals surface area contributed by atoms with Gasteiger partial charge in [0.05, 0.1) is 11.3 Å². The molecule has 4 nitrogen and oxygen atoms in total. The molecule has 0 saturated carbocycles. The number of hydrogen-bond donors (Lipinski definition) is 2. The number of rotatable bonds is 3. The first-order valence-corrected chi connectivity index (χ1v) is 5.06. The van der Waals surface area contributed by atoms with Crippen molar-refractivity contribution in [2.24, 2.45) is 0 Å². The summed E-state index contributed by atoms with van der Waals surface area (Å²) in [4.78, 5) is 11.5. The van der Waals surface area contributed by atoms with Gasteiger partial charge in [0, 0.05) is 12.8 Å². The second-order valence-electron chi connectivity index (χ2n) is 3.67. The van der Waals surface area contributed by atoms with Crippen LogP contribution in [0.2, 0.25) is 0 Å². The highest BCUT2D eigenvalue weighted by molar-refractivity contribution is 5.94. The number of ether oxygens (including phenoxy) is 1. The molecule has 0 aliphatic heterocycles. The molecule has 3 N–H and O–H groups in total. The standard InChI is InChI=1S/C11H13F3N2O2/c1-6(18-2)10(17)16-9-4-3-7(15)5-8(9)11(12,13)14/h3-6H,15H2,1-2H3,(H,16,17). The largest absolute Gasteiger partial charge is 0.418 e. The summed E-state index contributed by atoms with van der Waals surface area (Å²) < 4.78 is 42.9. The summed E-state index contributed by atoms with van der Waals surface area (Å²) in [5.41, 5.74) is 3.95. The number of anilines is 2. The van der Waals surface area contributed by atoms with Crippen LogP contribution in [0.5, 0.6) is 0 Å². The van der Waals surface area contributed by atoms with Crippen LogP contribution in [-0.2, 0) is 15.7 Å². The Morgan fingerprint density at radius 2 is 2.06 bits per heavy atom. The van der Waals surface area contributed by atoms with Crippen LogP contribution < -0.4 is 11.1 Å². The predicted octanol–water partition coefficient (Wildman–Crippen LogP) is 2.26. The van der Waals surface area contributed by atoms with Crippen LogP contribution >= 0.6 is 0 Å². The second-order valence-corrected chi connectivity index (χ2v) is 3.67. The van der Waals surface area contributed by atoms with Crippen molar-refractivity contribution in [3.63, 3.8) is 0 Å². The molecule has 7 heteroatoms. The molecule has 0 spiro atoms. The first kappa shape index (κ1) is 14.3. The van der Waals surface area contributed by atoms with E-state index in [1.165, 1.54) is 20.1 Å². The molecule has 0 heterocycles. The number of alkyl halides is 3. The summed E-state index contributed by atoms with van der Waals surface area (Å²) in [5, 5.41) is 2.16. The normalized spacial score (nSPS) is 13.2. The second kappa shape index (κ2) is 5.26. The molecule has 0 saturated heterocycles. The van der Waals surface area contributed by atoms with Crippen LogP contribution in [0.1, 0.15) is 12.5 Å². The van der Waals surface area contributed by atoms with E-state index in [4.69, 9.17) is 10.5 Å². The zero-order valence-corrected chi connectivity index (χ0v) is 9.84. The Bertz CT molecular complexity index is 446. The van der Waals surface area contributed by atoms with Crippen molar-refractivity contribution in [2.75, 3.05) is 18.2 Å². The minimum Gasteiger partial charge on any atom is -0.399 e. The van der Waals surface area contributed by atoms with Gasteiger partial charge in [0.1, 0.15) is 6.10 Å². The summed E-state index contributed by atoms with van der Waals surface area (Å²) >= 11 is 0. The number of nitrogens with two attached hydrogens (primary N) is 1. The summed E-state index contributed by atoms with van der Waals surface area (Å²) in [5.74, 6) is -0.659. The van der Waals surface area contributed by atoms with Crippen LogP contribution in [-0.4, -0.2) is 19.1 Å². The lowest BCUT2D eigenvalue weighted by Crippen LogP contribution is -2.27. The minimum absolute atomic E-state index is 0.0277. The first-order chi connectivity index (χ1) is 8.25. The van der Waals surface area contributed by atoms with Crippen molar-refractivity contribution in [1.82, 2.24) is 0 Å². The molecular formula is C11H13F3N2O2. The number of halogens is 3. The molecule has 0 aromatic heterocycles. The van der Waals surface area contributed by atoms with Crippen LogP contribution in [0, 0.1) is 0 Å². The van der Waals surface area contributed by atoms with Gasteiger partial charge >= 0.3 is 6.18 Å². The van der Waals surface area contributed by atoms with Gasteiger partial charge in [-0.3, -0.25) is 4.79 Å². The predicted molar refractivity (Wildman–Crippen MR) is 61.0 cm³/mol. The highest BCUT2D eigenvalue weighted by atomic mass is 19.4. The average molecular weight is 262 g/mol. The minimum atomic E-state index is -4.59. The number of carbonyl (C=O) groups excluding carboxylic acids is 1. The number of amides is 1. The molecule has 1 aromatic rings. The lowest BCUT2D eigenvalue weighted by Gasteiger charge is -2.16. The van der Waals surface area contributed by atoms with Crippen LogP contribution in [0.3, 0.4) is 0 Å². The number of carbonyl (C=O) groups is 1. The van der Waals surface area contributed by atoms with E-state index in [0.29, 0.717) is 0 Å². The zero-order chi connectivity index (χ0) is 13.9. The first-order valence-electron chi connectivity index (χ1n) is 5.06. The lowest BCUT2D eigenvalue weighted by atomic mass is 10.1. The van der Waals surface area contributed by atoms with Crippen LogP contribution in [0.25, 0.3) is 0 Å². The molecule has 100 valence electrons. The number of methoxy groups -OCH3 is 1. The summed E-state index contributed by atoms with van der Waals surface area (Å²) in [7, 11) is 1.29. The Morgan fingerprint density at radius 1 is 1.44 bits per heavy atom. The maximum atomic E-state index is 12.7. The fraction of sp³-hybridized carbons (Fsp3) is 0.364. The van der Waals surface area contributed by atoms with E-state index in [1.54, 1.807) is 0 Å². The molecule has 0 aliphatic carbocycles. The molecule has 0 fully saturated rings. The van der Waals surface area contributed by atoms with E-state index in [2.05, 4.69) is 5.32 Å². The van der Waals surface area contributed by atoms with Crippen molar-refractivity contribution in [3.05, 3.63) is 23.8 Å². The average Bonchev–Trinajstić information content (AvgIpc) is 2.28. The molecule has 0 radical (unpaired) electrons. The van der Waals surface area contributed by atoms with Gasteiger partial charge in [0.2, 0.25) is 0 Å². The molecule has 0 bridgehead atoms. The van der Waals surface area contributed by atoms with Gasteiger partial charge in [-0.25, -0.2) is 0 Å². The Labute approximate surface area is 102 Å². The third kappa shape index (κ3) is 3.36. The van der Waals surface area contributed by atoms with Crippen molar-refractivity contribution < 1.29 is 22.7 Å². The van der Waals surface area contributed by atoms with E-state index < -0.39 is 23.8 Å². The number of hydrogen-bond acceptors (Lipinski definition) is 3. The molecule has 1 atom stereocenters. The van der Waals surface area contributed by atoms with Crippen molar-refractivity contribution in [1.29, 1.82) is 0 Å². The fourth-order valence-corrected chi connectivity index (χ4v) is 1.25. The van der Waals surface area contributed by atoms with Gasteiger partial charge in [-0.05, 0) is 25.1 Å². The number of nitrogens with one attached hydrogen (secondary N) is 1. The van der Waals surface area contributed by atoms with Gasteiger partial charge in [-0.15, -0.1) is 0 Å². The molecular weight excluding hydrogens is 249 g/mol. The van der Waals surface area contributed by atoms with Crippen molar-refractivity contribution in [2.45, 2.75) is 19.2 Å². The third-order valence-electron chi connectivity index (χ3n) is 2.33. The van der Waals surface area contributed by atoms with E-state index in [-0.39, 0.29) is 11.4 Å². The number of nitrogen functional groups attached to an aromatic ring is 1. The fourth-order valence-electron chi connectivity index (χ4n) is 1.25. The van der Waals surface area contributed by atoms with E-state index >= 15 is 0 Å². The monoisotopic (exact) mass is 262 g/mol. The lowest BCUT2D eigenvalue weighted by molar-refractivity contribution is -0.137. The Hall–Kier alpha value is -1.76. The molecule has 1 rings (SSSR count). The number of benzene rings is 1. The third-order valence-corrected chi connectivity index (χ3v) is 2.33. The summed E-state index contributed by atoms with van der Waals surface area (Å²) in [6, 6.07) is 3.16. The van der Waals surface area contributed by atoms with Crippen LogP contribution in [0.4, 0.5) is 24.5 Å². The van der Waals surface area contributed by atoms with Gasteiger partial charge in [-0.1, -0.05) is 0 Å². The Balaban J connectivity index is 3.06.